The van der Waals surface area contributed by atoms with Gasteiger partial charge in [-0.3, -0.25) is 0 Å². The van der Waals surface area contributed by atoms with Gasteiger partial charge in [-0.15, -0.1) is 0 Å². The zero-order chi connectivity index (χ0) is 27.6. The van der Waals surface area contributed by atoms with Crippen molar-refractivity contribution < 1.29 is 59.4 Å². The first-order valence-electron chi connectivity index (χ1n) is 12.2. The van der Waals surface area contributed by atoms with E-state index < -0.39 is 61.4 Å². The third-order valence-corrected chi connectivity index (χ3v) is 7.18. The lowest BCUT2D eigenvalue weighted by Crippen LogP contribution is -2.60. The van der Waals surface area contributed by atoms with Crippen LogP contribution in [0.3, 0.4) is 0 Å². The van der Waals surface area contributed by atoms with Gasteiger partial charge in [0.2, 0.25) is 6.29 Å². The van der Waals surface area contributed by atoms with Gasteiger partial charge in [0.15, 0.2) is 23.0 Å². The highest BCUT2D eigenvalue weighted by Gasteiger charge is 2.45. The van der Waals surface area contributed by atoms with E-state index >= 15 is 0 Å². The van der Waals surface area contributed by atoms with Crippen molar-refractivity contribution in [2.45, 2.75) is 42.9 Å². The van der Waals surface area contributed by atoms with Crippen LogP contribution in [0, 0.1) is 11.8 Å². The predicted molar refractivity (Wildman–Crippen MR) is 130 cm³/mol. The zero-order valence-corrected chi connectivity index (χ0v) is 21.0. The Balaban J connectivity index is 1.52. The van der Waals surface area contributed by atoms with Gasteiger partial charge in [-0.25, -0.2) is 0 Å². The number of rotatable bonds is 9. The summed E-state index contributed by atoms with van der Waals surface area (Å²) in [7, 11) is 2.82. The molecular weight excluding hydrogens is 504 g/mol. The summed E-state index contributed by atoms with van der Waals surface area (Å²) in [6, 6.07) is 9.40. The lowest BCUT2D eigenvalue weighted by molar-refractivity contribution is -0.277. The van der Waals surface area contributed by atoms with E-state index in [0.29, 0.717) is 11.1 Å². The van der Waals surface area contributed by atoms with Crippen molar-refractivity contribution in [2.24, 2.45) is 11.8 Å². The molecular formula is C26H34O12. The van der Waals surface area contributed by atoms with Crippen LogP contribution in [-0.4, -0.2) is 100 Å². The third-order valence-electron chi connectivity index (χ3n) is 7.18. The fourth-order valence-electron chi connectivity index (χ4n) is 4.96. The summed E-state index contributed by atoms with van der Waals surface area (Å²) >= 11 is 0. The van der Waals surface area contributed by atoms with Crippen molar-refractivity contribution in [1.29, 1.82) is 0 Å². The summed E-state index contributed by atoms with van der Waals surface area (Å²) in [5.41, 5.74) is 1.15. The molecule has 12 nitrogen and oxygen atoms in total. The molecule has 2 saturated heterocycles. The van der Waals surface area contributed by atoms with Crippen LogP contribution in [0.4, 0.5) is 0 Å². The molecule has 210 valence electrons. The van der Waals surface area contributed by atoms with Gasteiger partial charge in [0.1, 0.15) is 24.4 Å². The van der Waals surface area contributed by atoms with E-state index in [4.69, 9.17) is 23.7 Å². The maximum absolute atomic E-state index is 11.1. The van der Waals surface area contributed by atoms with Crippen molar-refractivity contribution in [3.63, 3.8) is 0 Å². The number of hydrogen-bond donors (Lipinski definition) is 7. The number of aromatic hydroxyl groups is 1. The third kappa shape index (κ3) is 5.40. The summed E-state index contributed by atoms with van der Waals surface area (Å²) in [5.74, 6) is -0.376. The van der Waals surface area contributed by atoms with Gasteiger partial charge in [0.25, 0.3) is 0 Å². The van der Waals surface area contributed by atoms with Gasteiger partial charge in [0.05, 0.1) is 39.6 Å². The molecule has 0 aliphatic carbocycles. The molecule has 7 N–H and O–H groups in total. The molecule has 2 aliphatic rings. The smallest absolute Gasteiger partial charge is 0.229 e. The molecule has 0 radical (unpaired) electrons. The van der Waals surface area contributed by atoms with Gasteiger partial charge in [-0.1, -0.05) is 12.1 Å². The van der Waals surface area contributed by atoms with Crippen LogP contribution >= 0.6 is 0 Å². The molecule has 0 bridgehead atoms. The molecule has 0 amide bonds. The number of benzene rings is 2. The molecule has 0 spiro atoms. The first-order valence-corrected chi connectivity index (χ1v) is 12.2. The Morgan fingerprint density at radius 3 is 2.29 bits per heavy atom. The number of ether oxygens (including phenoxy) is 5. The van der Waals surface area contributed by atoms with E-state index in [0.717, 1.165) is 0 Å². The molecule has 0 saturated carbocycles. The molecule has 12 heteroatoms. The number of aliphatic hydroxyl groups is 6. The summed E-state index contributed by atoms with van der Waals surface area (Å²) in [4.78, 5) is 0. The van der Waals surface area contributed by atoms with Gasteiger partial charge in [-0.05, 0) is 35.4 Å². The molecule has 2 heterocycles. The highest BCUT2D eigenvalue weighted by Crippen LogP contribution is 2.46. The Hall–Kier alpha value is -2.68. The molecule has 0 aromatic heterocycles. The predicted octanol–water partition coefficient (Wildman–Crippen LogP) is -0.382. The Labute approximate surface area is 219 Å². The maximum atomic E-state index is 11.1. The fourth-order valence-corrected chi connectivity index (χ4v) is 4.96. The minimum absolute atomic E-state index is 0.0548. The van der Waals surface area contributed by atoms with Crippen molar-refractivity contribution >= 4 is 0 Å². The second-order valence-corrected chi connectivity index (χ2v) is 9.37. The van der Waals surface area contributed by atoms with Gasteiger partial charge < -0.3 is 59.4 Å². The quantitative estimate of drug-likeness (QED) is 0.220. The van der Waals surface area contributed by atoms with Crippen LogP contribution in [0.5, 0.6) is 23.0 Å². The maximum Gasteiger partial charge on any atom is 0.229 e. The summed E-state index contributed by atoms with van der Waals surface area (Å²) in [5, 5.41) is 70.8. The second kappa shape index (κ2) is 12.0. The Kier molecular flexibility index (Phi) is 8.96. The summed E-state index contributed by atoms with van der Waals surface area (Å²) in [6.07, 6.45) is -8.80. The molecule has 2 aromatic carbocycles. The fraction of sp³-hybridized carbons (Fsp3) is 0.538. The van der Waals surface area contributed by atoms with Crippen LogP contribution in [0.25, 0.3) is 0 Å². The summed E-state index contributed by atoms with van der Waals surface area (Å²) in [6.45, 7) is -0.703. The lowest BCUT2D eigenvalue weighted by Gasteiger charge is -2.39. The average Bonchev–Trinajstić information content (AvgIpc) is 3.37. The Morgan fingerprint density at radius 1 is 0.895 bits per heavy atom. The van der Waals surface area contributed by atoms with Crippen LogP contribution in [0.1, 0.15) is 23.3 Å². The van der Waals surface area contributed by atoms with Gasteiger partial charge in [-0.2, -0.15) is 0 Å². The Morgan fingerprint density at radius 2 is 1.63 bits per heavy atom. The number of phenolic OH excluding ortho intramolecular Hbond substituents is 1. The van der Waals surface area contributed by atoms with Crippen molar-refractivity contribution in [3.8, 4) is 23.0 Å². The lowest BCUT2D eigenvalue weighted by atomic mass is 9.82. The topological polar surface area (TPSA) is 188 Å². The normalized spacial score (nSPS) is 32.1. The highest BCUT2D eigenvalue weighted by atomic mass is 16.7. The zero-order valence-electron chi connectivity index (χ0n) is 21.0. The second-order valence-electron chi connectivity index (χ2n) is 9.37. The van der Waals surface area contributed by atoms with Gasteiger partial charge in [0, 0.05) is 18.4 Å². The first kappa shape index (κ1) is 28.3. The van der Waals surface area contributed by atoms with E-state index in [1.165, 1.54) is 26.4 Å². The van der Waals surface area contributed by atoms with E-state index in [1.54, 1.807) is 24.3 Å². The largest absolute Gasteiger partial charge is 0.504 e. The monoisotopic (exact) mass is 538 g/mol. The molecule has 9 atom stereocenters. The van der Waals surface area contributed by atoms with Gasteiger partial charge >= 0.3 is 0 Å². The standard InChI is InChI=1S/C26H34O12/c1-34-18-7-12(3-5-16(18)29)21(30)15-11-36-25(14(15)9-27)13-4-6-17(19(8-13)35-2)37-26-24(33)23(32)22(31)20(10-28)38-26/h3-8,14-15,20-33H,9-11H2,1-2H3/t14-,15+,20+,21+,22+,23-,24+,25+,26+/m0/s1. The van der Waals surface area contributed by atoms with E-state index in [-0.39, 0.29) is 36.2 Å². The molecule has 2 fully saturated rings. The van der Waals surface area contributed by atoms with E-state index in [1.807, 2.05) is 0 Å². The van der Waals surface area contributed by atoms with E-state index in [9.17, 15) is 35.7 Å². The Bertz CT molecular complexity index is 1080. The molecule has 38 heavy (non-hydrogen) atoms. The van der Waals surface area contributed by atoms with Crippen molar-refractivity contribution in [1.82, 2.24) is 0 Å². The number of phenols is 1. The average molecular weight is 539 g/mol. The number of hydrogen-bond acceptors (Lipinski definition) is 12. The molecule has 2 aromatic rings. The minimum Gasteiger partial charge on any atom is -0.504 e. The number of aliphatic hydroxyl groups excluding tert-OH is 6. The molecule has 0 unspecified atom stereocenters. The highest BCUT2D eigenvalue weighted by molar-refractivity contribution is 5.45. The van der Waals surface area contributed by atoms with Crippen LogP contribution in [0.15, 0.2) is 36.4 Å². The van der Waals surface area contributed by atoms with Crippen molar-refractivity contribution in [3.05, 3.63) is 47.5 Å². The van der Waals surface area contributed by atoms with Crippen LogP contribution in [0.2, 0.25) is 0 Å². The van der Waals surface area contributed by atoms with Crippen LogP contribution < -0.4 is 14.2 Å². The first-order chi connectivity index (χ1) is 18.2. The summed E-state index contributed by atoms with van der Waals surface area (Å²) < 4.78 is 27.7. The SMILES string of the molecule is COc1cc([C@@H](O)[C@@H]2CO[C@H](c3ccc(O[C@@H]4O[C@H](CO)[C@@H](O)[C@H](O)[C@H]4O)c(OC)c3)[C@H]2CO)ccc1O. The van der Waals surface area contributed by atoms with Crippen molar-refractivity contribution in [2.75, 3.05) is 34.0 Å². The minimum atomic E-state index is -1.59. The number of methoxy groups -OCH3 is 2. The van der Waals surface area contributed by atoms with Crippen LogP contribution in [-0.2, 0) is 9.47 Å². The molecule has 2 aliphatic heterocycles. The molecule has 4 rings (SSSR count). The van der Waals surface area contributed by atoms with E-state index in [2.05, 4.69) is 0 Å².